The van der Waals surface area contributed by atoms with Gasteiger partial charge in [0.2, 0.25) is 5.91 Å². The van der Waals surface area contributed by atoms with Gasteiger partial charge in [0.05, 0.1) is 6.54 Å². The molecule has 0 aromatic carbocycles. The molecule has 100 valence electrons. The Morgan fingerprint density at radius 1 is 1.33 bits per heavy atom. The average Bonchev–Trinajstić information content (AvgIpc) is 2.36. The fraction of sp³-hybridized carbons (Fsp3) is 0.538. The second kappa shape index (κ2) is 6.83. The molecule has 5 nitrogen and oxygen atoms in total. The van der Waals surface area contributed by atoms with Gasteiger partial charge in [-0.15, -0.1) is 0 Å². The van der Waals surface area contributed by atoms with Crippen molar-refractivity contribution < 1.29 is 4.79 Å². The van der Waals surface area contributed by atoms with Crippen LogP contribution >= 0.6 is 0 Å². The van der Waals surface area contributed by atoms with Crippen molar-refractivity contribution in [2.24, 2.45) is 0 Å². The average molecular weight is 250 g/mol. The first-order chi connectivity index (χ1) is 8.58. The maximum Gasteiger partial charge on any atom is 0.241 e. The fourth-order valence-corrected chi connectivity index (χ4v) is 1.54. The highest BCUT2D eigenvalue weighted by Gasteiger charge is 2.12. The first kappa shape index (κ1) is 14.3. The number of amides is 1. The predicted octanol–water partition coefficient (Wildman–Crippen LogP) is 1.43. The summed E-state index contributed by atoms with van der Waals surface area (Å²) in [4.78, 5) is 19.8. The summed E-state index contributed by atoms with van der Waals surface area (Å²) in [5.74, 6) is 1.74. The van der Waals surface area contributed by atoms with Crippen molar-refractivity contribution in [1.82, 2.24) is 9.88 Å². The molecule has 1 rings (SSSR count). The summed E-state index contributed by atoms with van der Waals surface area (Å²) in [6, 6.07) is 5.80. The molecular weight excluding hydrogens is 228 g/mol. The lowest BCUT2D eigenvalue weighted by molar-refractivity contribution is -0.127. The van der Waals surface area contributed by atoms with E-state index in [9.17, 15) is 4.79 Å². The van der Waals surface area contributed by atoms with Crippen LogP contribution in [-0.4, -0.2) is 49.5 Å². The van der Waals surface area contributed by atoms with Crippen molar-refractivity contribution in [1.29, 1.82) is 0 Å². The minimum Gasteiger partial charge on any atom is -0.370 e. The number of aromatic nitrogens is 1. The number of carbonyl (C=O) groups excluding carboxylic acids is 1. The van der Waals surface area contributed by atoms with E-state index in [1.54, 1.807) is 19.0 Å². The smallest absolute Gasteiger partial charge is 0.241 e. The summed E-state index contributed by atoms with van der Waals surface area (Å²) in [5.41, 5.74) is 0. The molecule has 1 amide bonds. The molecule has 1 N–H and O–H groups in total. The van der Waals surface area contributed by atoms with Gasteiger partial charge in [-0.3, -0.25) is 4.79 Å². The first-order valence-electron chi connectivity index (χ1n) is 6.24. The maximum atomic E-state index is 11.7. The van der Waals surface area contributed by atoms with Crippen molar-refractivity contribution in [3.05, 3.63) is 18.2 Å². The highest BCUT2D eigenvalue weighted by atomic mass is 16.2. The van der Waals surface area contributed by atoms with E-state index in [2.05, 4.69) is 10.3 Å². The van der Waals surface area contributed by atoms with Crippen molar-refractivity contribution in [2.45, 2.75) is 13.8 Å². The van der Waals surface area contributed by atoms with Crippen LogP contribution in [0.4, 0.5) is 11.6 Å². The number of pyridine rings is 1. The highest BCUT2D eigenvalue weighted by Crippen LogP contribution is 2.14. The van der Waals surface area contributed by atoms with E-state index >= 15 is 0 Å². The zero-order chi connectivity index (χ0) is 13.5. The molecule has 0 bridgehead atoms. The highest BCUT2D eigenvalue weighted by molar-refractivity contribution is 5.80. The third kappa shape index (κ3) is 3.91. The number of likely N-dealkylation sites (N-methyl/N-ethyl adjacent to an activating group) is 2. The number of anilines is 2. The Labute approximate surface area is 109 Å². The van der Waals surface area contributed by atoms with Gasteiger partial charge in [-0.1, -0.05) is 6.07 Å². The Hall–Kier alpha value is -1.78. The number of rotatable bonds is 6. The Morgan fingerprint density at radius 3 is 2.61 bits per heavy atom. The molecule has 0 spiro atoms. The van der Waals surface area contributed by atoms with Crippen molar-refractivity contribution in [3.8, 4) is 0 Å². The van der Waals surface area contributed by atoms with Crippen LogP contribution in [0, 0.1) is 0 Å². The third-order valence-corrected chi connectivity index (χ3v) is 2.62. The van der Waals surface area contributed by atoms with Gasteiger partial charge >= 0.3 is 0 Å². The van der Waals surface area contributed by atoms with Crippen LogP contribution in [0.3, 0.4) is 0 Å². The SMILES string of the molecule is CCNc1cccc(N(CC)CC(=O)N(C)C)n1. The van der Waals surface area contributed by atoms with Crippen LogP contribution in [0.2, 0.25) is 0 Å². The van der Waals surface area contributed by atoms with E-state index in [0.29, 0.717) is 6.54 Å². The van der Waals surface area contributed by atoms with E-state index in [0.717, 1.165) is 24.7 Å². The minimum absolute atomic E-state index is 0.0764. The Kier molecular flexibility index (Phi) is 5.42. The molecule has 0 aliphatic heterocycles. The summed E-state index contributed by atoms with van der Waals surface area (Å²) in [7, 11) is 3.53. The van der Waals surface area contributed by atoms with E-state index < -0.39 is 0 Å². The molecule has 0 aliphatic rings. The molecule has 0 unspecified atom stereocenters. The zero-order valence-corrected chi connectivity index (χ0v) is 11.6. The second-order valence-electron chi connectivity index (χ2n) is 4.21. The van der Waals surface area contributed by atoms with E-state index in [-0.39, 0.29) is 5.91 Å². The summed E-state index contributed by atoms with van der Waals surface area (Å²) in [5, 5.41) is 3.17. The number of nitrogens with zero attached hydrogens (tertiary/aromatic N) is 3. The molecule has 0 radical (unpaired) electrons. The number of carbonyl (C=O) groups is 1. The van der Waals surface area contributed by atoms with Crippen LogP contribution in [0.5, 0.6) is 0 Å². The van der Waals surface area contributed by atoms with E-state index in [4.69, 9.17) is 0 Å². The Bertz CT molecular complexity index is 392. The van der Waals surface area contributed by atoms with Gasteiger partial charge in [0.1, 0.15) is 11.6 Å². The topological polar surface area (TPSA) is 48.5 Å². The molecule has 1 aromatic heterocycles. The maximum absolute atomic E-state index is 11.7. The molecule has 1 heterocycles. The zero-order valence-electron chi connectivity index (χ0n) is 11.6. The molecule has 5 heteroatoms. The molecule has 1 aromatic rings. The van der Waals surface area contributed by atoms with Gasteiger partial charge in [0, 0.05) is 27.2 Å². The number of hydrogen-bond acceptors (Lipinski definition) is 4. The Balaban J connectivity index is 2.81. The van der Waals surface area contributed by atoms with Crippen molar-refractivity contribution >= 4 is 17.5 Å². The van der Waals surface area contributed by atoms with Crippen molar-refractivity contribution in [3.63, 3.8) is 0 Å². The lowest BCUT2D eigenvalue weighted by Gasteiger charge is -2.23. The quantitative estimate of drug-likeness (QED) is 0.829. The lowest BCUT2D eigenvalue weighted by atomic mass is 10.3. The lowest BCUT2D eigenvalue weighted by Crippen LogP contribution is -2.37. The third-order valence-electron chi connectivity index (χ3n) is 2.62. The monoisotopic (exact) mass is 250 g/mol. The van der Waals surface area contributed by atoms with Gasteiger partial charge in [-0.05, 0) is 26.0 Å². The van der Waals surface area contributed by atoms with Crippen molar-refractivity contribution in [2.75, 3.05) is 43.9 Å². The van der Waals surface area contributed by atoms with Gasteiger partial charge < -0.3 is 15.1 Å². The van der Waals surface area contributed by atoms with Gasteiger partial charge in [0.15, 0.2) is 0 Å². The molecule has 0 saturated carbocycles. The van der Waals surface area contributed by atoms with Crippen LogP contribution in [0.25, 0.3) is 0 Å². The second-order valence-corrected chi connectivity index (χ2v) is 4.21. The van der Waals surface area contributed by atoms with Crippen LogP contribution in [0.1, 0.15) is 13.8 Å². The molecular formula is C13H22N4O. The van der Waals surface area contributed by atoms with E-state index in [1.165, 1.54) is 0 Å². The predicted molar refractivity (Wildman–Crippen MR) is 75.0 cm³/mol. The molecule has 18 heavy (non-hydrogen) atoms. The summed E-state index contributed by atoms with van der Waals surface area (Å²) in [6.45, 7) is 5.99. The summed E-state index contributed by atoms with van der Waals surface area (Å²) >= 11 is 0. The van der Waals surface area contributed by atoms with Crippen LogP contribution in [-0.2, 0) is 4.79 Å². The van der Waals surface area contributed by atoms with Crippen LogP contribution in [0.15, 0.2) is 18.2 Å². The first-order valence-corrected chi connectivity index (χ1v) is 6.24. The summed E-state index contributed by atoms with van der Waals surface area (Å²) < 4.78 is 0. The number of nitrogens with one attached hydrogen (secondary N) is 1. The normalized spacial score (nSPS) is 10.0. The molecule has 0 fully saturated rings. The largest absolute Gasteiger partial charge is 0.370 e. The molecule has 0 saturated heterocycles. The number of hydrogen-bond donors (Lipinski definition) is 1. The van der Waals surface area contributed by atoms with Gasteiger partial charge in [-0.2, -0.15) is 0 Å². The van der Waals surface area contributed by atoms with E-state index in [1.807, 2.05) is 36.9 Å². The van der Waals surface area contributed by atoms with Gasteiger partial charge in [-0.25, -0.2) is 4.98 Å². The molecule has 0 atom stereocenters. The van der Waals surface area contributed by atoms with Crippen LogP contribution < -0.4 is 10.2 Å². The standard InChI is InChI=1S/C13H22N4O/c1-5-14-11-8-7-9-12(15-11)17(6-2)10-13(18)16(3)4/h7-9H,5-6,10H2,1-4H3,(H,14,15). The van der Waals surface area contributed by atoms with Gasteiger partial charge in [0.25, 0.3) is 0 Å². The summed E-state index contributed by atoms with van der Waals surface area (Å²) in [6.07, 6.45) is 0. The minimum atomic E-state index is 0.0764. The fourth-order valence-electron chi connectivity index (χ4n) is 1.54. The molecule has 0 aliphatic carbocycles. The Morgan fingerprint density at radius 2 is 2.06 bits per heavy atom.